The van der Waals surface area contributed by atoms with Crippen molar-refractivity contribution in [3.8, 4) is 5.75 Å². The summed E-state index contributed by atoms with van der Waals surface area (Å²) in [6, 6.07) is 6.09. The van der Waals surface area contributed by atoms with Crippen LogP contribution in [-0.4, -0.2) is 16.7 Å². The Morgan fingerprint density at radius 3 is 2.80 bits per heavy atom. The first-order chi connectivity index (χ1) is 9.81. The lowest BCUT2D eigenvalue weighted by molar-refractivity contribution is 0.320. The molecule has 0 unspecified atom stereocenters. The van der Waals surface area contributed by atoms with Crippen molar-refractivity contribution in [2.24, 2.45) is 5.92 Å². The first-order valence-corrected chi connectivity index (χ1v) is 7.94. The third kappa shape index (κ3) is 2.64. The zero-order chi connectivity index (χ0) is 13.9. The predicted octanol–water partition coefficient (Wildman–Crippen LogP) is 4.36. The minimum atomic E-state index is 0.462. The number of benzene rings is 1. The molecule has 0 bridgehead atoms. The molecule has 0 saturated heterocycles. The Morgan fingerprint density at radius 1 is 1.30 bits per heavy atom. The summed E-state index contributed by atoms with van der Waals surface area (Å²) in [5, 5.41) is 0. The van der Waals surface area contributed by atoms with Crippen molar-refractivity contribution >= 4 is 22.6 Å². The zero-order valence-corrected chi connectivity index (χ0v) is 12.7. The lowest BCUT2D eigenvalue weighted by Gasteiger charge is -2.23. The van der Waals surface area contributed by atoms with E-state index in [1.807, 2.05) is 12.1 Å². The molecule has 0 atom stereocenters. The van der Waals surface area contributed by atoms with E-state index in [1.54, 1.807) is 7.11 Å². The van der Waals surface area contributed by atoms with Gasteiger partial charge in [-0.05, 0) is 30.9 Å². The lowest BCUT2D eigenvalue weighted by Crippen LogP contribution is -2.15. The van der Waals surface area contributed by atoms with E-state index in [0.717, 1.165) is 29.6 Å². The van der Waals surface area contributed by atoms with E-state index in [0.29, 0.717) is 5.88 Å². The van der Waals surface area contributed by atoms with Gasteiger partial charge in [-0.15, -0.1) is 11.6 Å². The number of hydrogen-bond acceptors (Lipinski definition) is 2. The molecule has 2 aromatic rings. The molecule has 1 heterocycles. The van der Waals surface area contributed by atoms with Crippen molar-refractivity contribution in [3.05, 3.63) is 24.0 Å². The SMILES string of the molecule is COc1ccc2c(c1)nc(CCl)n2CC1CCCCC1. The van der Waals surface area contributed by atoms with E-state index in [-0.39, 0.29) is 0 Å². The number of ether oxygens (including phenoxy) is 1. The highest BCUT2D eigenvalue weighted by atomic mass is 35.5. The first-order valence-electron chi connectivity index (χ1n) is 7.41. The molecule has 0 aliphatic heterocycles. The number of halogens is 1. The number of rotatable bonds is 4. The molecule has 1 aliphatic carbocycles. The van der Waals surface area contributed by atoms with Crippen molar-refractivity contribution in [3.63, 3.8) is 0 Å². The van der Waals surface area contributed by atoms with Gasteiger partial charge in [0.1, 0.15) is 11.6 Å². The highest BCUT2D eigenvalue weighted by molar-refractivity contribution is 6.16. The summed E-state index contributed by atoms with van der Waals surface area (Å²) < 4.78 is 7.58. The molecule has 0 amide bonds. The summed E-state index contributed by atoms with van der Waals surface area (Å²) in [6.45, 7) is 1.05. The fourth-order valence-corrected chi connectivity index (χ4v) is 3.42. The maximum Gasteiger partial charge on any atom is 0.124 e. The number of nitrogens with zero attached hydrogens (tertiary/aromatic N) is 2. The number of hydrogen-bond donors (Lipinski definition) is 0. The Morgan fingerprint density at radius 2 is 2.10 bits per heavy atom. The molecule has 1 aliphatic rings. The van der Waals surface area contributed by atoms with Crippen LogP contribution in [0.2, 0.25) is 0 Å². The van der Waals surface area contributed by atoms with Gasteiger partial charge in [0.15, 0.2) is 0 Å². The van der Waals surface area contributed by atoms with Gasteiger partial charge in [0.05, 0.1) is 24.0 Å². The average Bonchev–Trinajstić information content (AvgIpc) is 2.85. The molecule has 3 nitrogen and oxygen atoms in total. The van der Waals surface area contributed by atoms with Gasteiger partial charge >= 0.3 is 0 Å². The number of methoxy groups -OCH3 is 1. The second-order valence-corrected chi connectivity index (χ2v) is 5.90. The van der Waals surface area contributed by atoms with E-state index < -0.39 is 0 Å². The Bertz CT molecular complexity index is 587. The molecular formula is C16H21ClN2O. The molecule has 0 radical (unpaired) electrons. The van der Waals surface area contributed by atoms with Gasteiger partial charge in [0.2, 0.25) is 0 Å². The second kappa shape index (κ2) is 6.04. The van der Waals surface area contributed by atoms with Crippen molar-refractivity contribution in [1.82, 2.24) is 9.55 Å². The van der Waals surface area contributed by atoms with E-state index in [4.69, 9.17) is 16.3 Å². The third-order valence-corrected chi connectivity index (χ3v) is 4.56. The molecule has 0 N–H and O–H groups in total. The number of fused-ring (bicyclic) bond motifs is 1. The highest BCUT2D eigenvalue weighted by Crippen LogP contribution is 2.29. The monoisotopic (exact) mass is 292 g/mol. The molecule has 0 spiro atoms. The van der Waals surface area contributed by atoms with Gasteiger partial charge in [-0.2, -0.15) is 0 Å². The maximum atomic E-state index is 6.08. The average molecular weight is 293 g/mol. The van der Waals surface area contributed by atoms with Gasteiger partial charge in [-0.1, -0.05) is 19.3 Å². The van der Waals surface area contributed by atoms with E-state index >= 15 is 0 Å². The highest BCUT2D eigenvalue weighted by Gasteiger charge is 2.18. The van der Waals surface area contributed by atoms with Crippen LogP contribution in [0.5, 0.6) is 5.75 Å². The summed E-state index contributed by atoms with van der Waals surface area (Å²) >= 11 is 6.08. The van der Waals surface area contributed by atoms with Crippen LogP contribution in [0.1, 0.15) is 37.9 Å². The van der Waals surface area contributed by atoms with Gasteiger partial charge in [0, 0.05) is 12.6 Å². The molecule has 20 heavy (non-hydrogen) atoms. The van der Waals surface area contributed by atoms with Gasteiger partial charge in [0.25, 0.3) is 0 Å². The number of alkyl halides is 1. The lowest BCUT2D eigenvalue weighted by atomic mass is 9.89. The maximum absolute atomic E-state index is 6.08. The van der Waals surface area contributed by atoms with Crippen LogP contribution in [-0.2, 0) is 12.4 Å². The molecule has 108 valence electrons. The molecule has 4 heteroatoms. The summed E-state index contributed by atoms with van der Waals surface area (Å²) in [5.41, 5.74) is 2.16. The van der Waals surface area contributed by atoms with Crippen LogP contribution in [0.3, 0.4) is 0 Å². The van der Waals surface area contributed by atoms with Crippen LogP contribution in [0, 0.1) is 5.92 Å². The largest absolute Gasteiger partial charge is 0.497 e. The quantitative estimate of drug-likeness (QED) is 0.783. The zero-order valence-electron chi connectivity index (χ0n) is 11.9. The Kier molecular flexibility index (Phi) is 4.16. The summed E-state index contributed by atoms with van der Waals surface area (Å²) in [7, 11) is 1.68. The Hall–Kier alpha value is -1.22. The van der Waals surface area contributed by atoms with Crippen LogP contribution in [0.15, 0.2) is 18.2 Å². The van der Waals surface area contributed by atoms with E-state index in [9.17, 15) is 0 Å². The fourth-order valence-electron chi connectivity index (χ4n) is 3.22. The van der Waals surface area contributed by atoms with Gasteiger partial charge in [-0.25, -0.2) is 4.98 Å². The van der Waals surface area contributed by atoms with E-state index in [2.05, 4.69) is 15.6 Å². The standard InChI is InChI=1S/C16H21ClN2O/c1-20-13-7-8-15-14(9-13)18-16(10-17)19(15)11-12-5-3-2-4-6-12/h7-9,12H,2-6,10-11H2,1H3. The van der Waals surface area contributed by atoms with Crippen LogP contribution in [0.25, 0.3) is 11.0 Å². The number of imidazole rings is 1. The second-order valence-electron chi connectivity index (χ2n) is 5.63. The minimum Gasteiger partial charge on any atom is -0.497 e. The van der Waals surface area contributed by atoms with Crippen LogP contribution >= 0.6 is 11.6 Å². The van der Waals surface area contributed by atoms with E-state index in [1.165, 1.54) is 37.6 Å². The Balaban J connectivity index is 1.94. The van der Waals surface area contributed by atoms with Crippen molar-refractivity contribution in [2.75, 3.05) is 7.11 Å². The minimum absolute atomic E-state index is 0.462. The first kappa shape index (κ1) is 13.7. The summed E-state index contributed by atoms with van der Waals surface area (Å²) in [4.78, 5) is 4.66. The molecule has 3 rings (SSSR count). The summed E-state index contributed by atoms with van der Waals surface area (Å²) in [6.07, 6.45) is 6.78. The third-order valence-electron chi connectivity index (χ3n) is 4.32. The Labute approximate surface area is 124 Å². The molecule has 1 fully saturated rings. The predicted molar refractivity (Wildman–Crippen MR) is 82.4 cm³/mol. The number of aromatic nitrogens is 2. The van der Waals surface area contributed by atoms with Gasteiger partial charge in [-0.3, -0.25) is 0 Å². The van der Waals surface area contributed by atoms with Crippen molar-refractivity contribution in [2.45, 2.75) is 44.5 Å². The van der Waals surface area contributed by atoms with Gasteiger partial charge < -0.3 is 9.30 Å². The summed E-state index contributed by atoms with van der Waals surface area (Å²) in [5.74, 6) is 3.05. The van der Waals surface area contributed by atoms with Crippen LogP contribution < -0.4 is 4.74 Å². The van der Waals surface area contributed by atoms with Crippen molar-refractivity contribution < 1.29 is 4.74 Å². The molecule has 1 aromatic carbocycles. The van der Waals surface area contributed by atoms with Crippen molar-refractivity contribution in [1.29, 1.82) is 0 Å². The topological polar surface area (TPSA) is 27.1 Å². The molecule has 1 saturated carbocycles. The molecule has 1 aromatic heterocycles. The molecular weight excluding hydrogens is 272 g/mol. The smallest absolute Gasteiger partial charge is 0.124 e. The normalized spacial score (nSPS) is 16.7. The van der Waals surface area contributed by atoms with Crippen LogP contribution in [0.4, 0.5) is 0 Å². The fraction of sp³-hybridized carbons (Fsp3) is 0.562.